The lowest BCUT2D eigenvalue weighted by atomic mass is 10.2. The van der Waals surface area contributed by atoms with Gasteiger partial charge >= 0.3 is 0 Å². The molecule has 1 saturated heterocycles. The summed E-state index contributed by atoms with van der Waals surface area (Å²) in [5.41, 5.74) is 1.17. The number of benzene rings is 1. The third-order valence-electron chi connectivity index (χ3n) is 5.20. The fourth-order valence-electron chi connectivity index (χ4n) is 3.49. The van der Waals surface area contributed by atoms with Crippen LogP contribution < -0.4 is 10.6 Å². The zero-order valence-electron chi connectivity index (χ0n) is 19.0. The van der Waals surface area contributed by atoms with Crippen molar-refractivity contribution in [2.45, 2.75) is 40.0 Å². The second kappa shape index (κ2) is 13.0. The predicted octanol–water partition coefficient (Wildman–Crippen LogP) is 2.33. The van der Waals surface area contributed by atoms with Crippen molar-refractivity contribution >= 4 is 29.9 Å². The van der Waals surface area contributed by atoms with Gasteiger partial charge in [0.15, 0.2) is 11.8 Å². The van der Waals surface area contributed by atoms with Crippen LogP contribution in [-0.4, -0.2) is 64.5 Å². The molecule has 2 N–H and O–H groups in total. The summed E-state index contributed by atoms with van der Waals surface area (Å²) in [4.78, 5) is 7.25. The number of nitrogens with one attached hydrogen (secondary N) is 2. The molecule has 0 saturated carbocycles. The van der Waals surface area contributed by atoms with Gasteiger partial charge in [0.05, 0.1) is 25.8 Å². The van der Waals surface area contributed by atoms with Gasteiger partial charge in [0.1, 0.15) is 5.82 Å². The predicted molar refractivity (Wildman–Crippen MR) is 135 cm³/mol. The fraction of sp³-hybridized carbons (Fsp3) is 0.591. The van der Waals surface area contributed by atoms with E-state index in [0.717, 1.165) is 43.8 Å². The van der Waals surface area contributed by atoms with E-state index in [-0.39, 0.29) is 30.1 Å². The molecule has 1 aliphatic heterocycles. The van der Waals surface area contributed by atoms with Gasteiger partial charge < -0.3 is 19.9 Å². The lowest BCUT2D eigenvalue weighted by molar-refractivity contribution is -0.0284. The summed E-state index contributed by atoms with van der Waals surface area (Å²) in [7, 11) is 1.97. The van der Waals surface area contributed by atoms with Crippen LogP contribution in [0.3, 0.4) is 0 Å². The molecule has 1 aromatic heterocycles. The van der Waals surface area contributed by atoms with Crippen molar-refractivity contribution in [1.29, 1.82) is 0 Å². The number of ether oxygens (including phenoxy) is 1. The monoisotopic (exact) mass is 541 g/mol. The lowest BCUT2D eigenvalue weighted by Gasteiger charge is -2.34. The van der Waals surface area contributed by atoms with Gasteiger partial charge in [0.2, 0.25) is 0 Å². The summed E-state index contributed by atoms with van der Waals surface area (Å²) in [5, 5.41) is 15.2. The van der Waals surface area contributed by atoms with Crippen LogP contribution in [0.1, 0.15) is 31.1 Å². The number of aryl methyl sites for hydroxylation is 1. The zero-order valence-corrected chi connectivity index (χ0v) is 21.4. The van der Waals surface area contributed by atoms with E-state index in [0.29, 0.717) is 25.6 Å². The van der Waals surface area contributed by atoms with Gasteiger partial charge in [-0.3, -0.25) is 4.90 Å². The molecule has 9 heteroatoms. The summed E-state index contributed by atoms with van der Waals surface area (Å²) in [6.45, 7) is 12.2. The molecule has 1 aromatic carbocycles. The van der Waals surface area contributed by atoms with E-state index in [1.54, 1.807) is 0 Å². The summed E-state index contributed by atoms with van der Waals surface area (Å²) in [6.07, 6.45) is 0.151. The molecule has 31 heavy (non-hydrogen) atoms. The first-order valence-corrected chi connectivity index (χ1v) is 10.8. The number of morpholine rings is 1. The maximum atomic E-state index is 5.97. The molecular formula is C22H36IN7O. The highest BCUT2D eigenvalue weighted by molar-refractivity contribution is 14.0. The molecule has 8 nitrogen and oxygen atoms in total. The maximum Gasteiger partial charge on any atom is 0.192 e. The van der Waals surface area contributed by atoms with Gasteiger partial charge in [-0.2, -0.15) is 0 Å². The van der Waals surface area contributed by atoms with Crippen molar-refractivity contribution in [3.8, 4) is 0 Å². The molecule has 1 fully saturated rings. The van der Waals surface area contributed by atoms with Crippen molar-refractivity contribution in [2.75, 3.05) is 32.8 Å². The fourth-order valence-corrected chi connectivity index (χ4v) is 3.49. The first-order valence-electron chi connectivity index (χ1n) is 10.8. The van der Waals surface area contributed by atoms with Crippen LogP contribution in [0.15, 0.2) is 35.3 Å². The van der Waals surface area contributed by atoms with Crippen molar-refractivity contribution in [2.24, 2.45) is 18.0 Å². The Bertz CT molecular complexity index is 809. The quantitative estimate of drug-likeness (QED) is 0.304. The largest absolute Gasteiger partial charge is 0.374 e. The lowest BCUT2D eigenvalue weighted by Crippen LogP contribution is -2.50. The minimum absolute atomic E-state index is 0. The Kier molecular flexibility index (Phi) is 10.7. The van der Waals surface area contributed by atoms with E-state index in [2.05, 4.69) is 51.7 Å². The average Bonchev–Trinajstić information content (AvgIpc) is 3.06. The van der Waals surface area contributed by atoms with Gasteiger partial charge in [0.25, 0.3) is 0 Å². The van der Waals surface area contributed by atoms with Crippen LogP contribution >= 0.6 is 24.0 Å². The minimum Gasteiger partial charge on any atom is -0.374 e. The molecule has 2 heterocycles. The number of halogens is 1. The smallest absolute Gasteiger partial charge is 0.192 e. The Balaban J connectivity index is 0.00000341. The van der Waals surface area contributed by atoms with E-state index in [9.17, 15) is 0 Å². The van der Waals surface area contributed by atoms with Crippen LogP contribution in [-0.2, 0) is 24.9 Å². The number of hydrogen-bond donors (Lipinski definition) is 2. The molecule has 0 aliphatic carbocycles. The standard InChI is InChI=1S/C22H35N7O.HI/c1-17(2)15-29-10-11-30-20(16-29)13-24-22(23-12-19-8-6-5-7-9-19)25-14-21-27-26-18(3)28(21)4;/h5-9,17,20H,10-16H2,1-4H3,(H2,23,24,25);1H. The van der Waals surface area contributed by atoms with Crippen molar-refractivity contribution in [3.05, 3.63) is 47.5 Å². The molecule has 0 amide bonds. The molecule has 0 spiro atoms. The average molecular weight is 541 g/mol. The molecule has 1 aliphatic rings. The topological polar surface area (TPSA) is 79.6 Å². The highest BCUT2D eigenvalue weighted by atomic mass is 127. The summed E-state index contributed by atoms with van der Waals surface area (Å²) < 4.78 is 7.96. The summed E-state index contributed by atoms with van der Waals surface area (Å²) >= 11 is 0. The number of rotatable bonds is 8. The van der Waals surface area contributed by atoms with Crippen LogP contribution in [0.5, 0.6) is 0 Å². The molecule has 3 rings (SSSR count). The second-order valence-corrected chi connectivity index (χ2v) is 8.25. The number of hydrogen-bond acceptors (Lipinski definition) is 5. The first kappa shape index (κ1) is 25.5. The van der Waals surface area contributed by atoms with Crippen molar-refractivity contribution in [3.63, 3.8) is 0 Å². The van der Waals surface area contributed by atoms with Crippen LogP contribution in [0.2, 0.25) is 0 Å². The van der Waals surface area contributed by atoms with E-state index in [4.69, 9.17) is 9.73 Å². The molecule has 2 aromatic rings. The third kappa shape index (κ3) is 8.38. The van der Waals surface area contributed by atoms with E-state index < -0.39 is 0 Å². The summed E-state index contributed by atoms with van der Waals surface area (Å²) in [5.74, 6) is 3.18. The van der Waals surface area contributed by atoms with Crippen molar-refractivity contribution in [1.82, 2.24) is 30.3 Å². The SMILES string of the molecule is Cc1nnc(CNC(=NCc2ccccc2)NCC2CN(CC(C)C)CCO2)n1C.I. The van der Waals surface area contributed by atoms with Gasteiger partial charge in [-0.25, -0.2) is 4.99 Å². The number of guanidine groups is 1. The molecule has 172 valence electrons. The maximum absolute atomic E-state index is 5.97. The minimum atomic E-state index is 0. The van der Waals surface area contributed by atoms with Crippen LogP contribution in [0.25, 0.3) is 0 Å². The summed E-state index contributed by atoms with van der Waals surface area (Å²) in [6, 6.07) is 10.3. The molecule has 0 bridgehead atoms. The molecular weight excluding hydrogens is 505 g/mol. The first-order chi connectivity index (χ1) is 14.5. The zero-order chi connectivity index (χ0) is 21.3. The van der Waals surface area contributed by atoms with Gasteiger partial charge in [-0.15, -0.1) is 34.2 Å². The third-order valence-corrected chi connectivity index (χ3v) is 5.20. The molecule has 1 atom stereocenters. The van der Waals surface area contributed by atoms with Crippen molar-refractivity contribution < 1.29 is 4.74 Å². The van der Waals surface area contributed by atoms with Gasteiger partial charge in [0, 0.05) is 33.2 Å². The normalized spacial score (nSPS) is 17.5. The second-order valence-electron chi connectivity index (χ2n) is 8.25. The number of nitrogens with zero attached hydrogens (tertiary/aromatic N) is 5. The molecule has 1 unspecified atom stereocenters. The van der Waals surface area contributed by atoms with Crippen LogP contribution in [0, 0.1) is 12.8 Å². The van der Waals surface area contributed by atoms with E-state index >= 15 is 0 Å². The Morgan fingerprint density at radius 1 is 1.23 bits per heavy atom. The van der Waals surface area contributed by atoms with Gasteiger partial charge in [-0.1, -0.05) is 44.2 Å². The van der Waals surface area contributed by atoms with E-state index in [1.165, 1.54) is 5.56 Å². The van der Waals surface area contributed by atoms with E-state index in [1.807, 2.05) is 36.7 Å². The Morgan fingerprint density at radius 2 is 2.00 bits per heavy atom. The Morgan fingerprint density at radius 3 is 2.68 bits per heavy atom. The highest BCUT2D eigenvalue weighted by Crippen LogP contribution is 2.07. The van der Waals surface area contributed by atoms with Crippen LogP contribution in [0.4, 0.5) is 0 Å². The van der Waals surface area contributed by atoms with Gasteiger partial charge in [-0.05, 0) is 18.4 Å². The number of aromatic nitrogens is 3. The Labute approximate surface area is 202 Å². The number of aliphatic imine (C=N–C) groups is 1. The highest BCUT2D eigenvalue weighted by Gasteiger charge is 2.21. The Hall–Kier alpha value is -1.72. The molecule has 0 radical (unpaired) electrons.